The molecule has 1 aromatic carbocycles. The summed E-state index contributed by atoms with van der Waals surface area (Å²) in [4.78, 5) is 27.8. The largest absolute Gasteiger partial charge is 0.490 e. The number of hydrogen-bond donors (Lipinski definition) is 1. The molecule has 1 aliphatic carbocycles. The molecule has 5 heterocycles. The maximum Gasteiger partial charge on any atom is 0.213 e. The molecule has 0 bridgehead atoms. The first-order valence-corrected chi connectivity index (χ1v) is 15.5. The number of hydrogen-bond acceptors (Lipinski definition) is 8. The van der Waals surface area contributed by atoms with E-state index in [1.54, 1.807) is 19.4 Å². The van der Waals surface area contributed by atoms with Crippen molar-refractivity contribution < 1.29 is 9.47 Å². The molecular weight excluding hydrogens is 550 g/mol. The first-order valence-electron chi connectivity index (χ1n) is 15.5. The van der Waals surface area contributed by atoms with Gasteiger partial charge in [0, 0.05) is 68.2 Å². The molecule has 0 amide bonds. The van der Waals surface area contributed by atoms with Gasteiger partial charge in [0.25, 0.3) is 0 Å². The highest BCUT2D eigenvalue weighted by Gasteiger charge is 2.28. The van der Waals surface area contributed by atoms with Gasteiger partial charge in [-0.2, -0.15) is 0 Å². The number of anilines is 2. The van der Waals surface area contributed by atoms with Gasteiger partial charge in [0.1, 0.15) is 33.9 Å². The van der Waals surface area contributed by atoms with Crippen LogP contribution in [0.2, 0.25) is 0 Å². The highest BCUT2D eigenvalue weighted by molar-refractivity contribution is 6.51. The molecule has 3 aliphatic rings. The SMILES string of the molecule is [B]c1cc2c(=O)c(CN(Cc3ccnc(OC)c3)C3CCCN(c4ccc(NCC5CC5)nc4)C3)cn3c2c(c1[B])OCC3. The van der Waals surface area contributed by atoms with E-state index in [1.807, 2.05) is 24.5 Å². The van der Waals surface area contributed by atoms with Gasteiger partial charge in [0.05, 0.1) is 31.1 Å². The third kappa shape index (κ3) is 5.89. The molecule has 4 aromatic rings. The minimum absolute atomic E-state index is 0.0434. The van der Waals surface area contributed by atoms with Gasteiger partial charge in [-0.15, -0.1) is 0 Å². The van der Waals surface area contributed by atoms with E-state index in [0.717, 1.165) is 61.0 Å². The summed E-state index contributed by atoms with van der Waals surface area (Å²) < 4.78 is 13.4. The van der Waals surface area contributed by atoms with Crippen molar-refractivity contribution in [3.05, 3.63) is 70.3 Å². The second-order valence-electron chi connectivity index (χ2n) is 12.2. The molecule has 3 aromatic heterocycles. The maximum absolute atomic E-state index is 14.0. The number of ether oxygens (including phenoxy) is 2. The zero-order valence-corrected chi connectivity index (χ0v) is 25.2. The Bertz CT molecular complexity index is 1730. The van der Waals surface area contributed by atoms with Crippen LogP contribution in [0.25, 0.3) is 10.9 Å². The number of pyridine rings is 3. The summed E-state index contributed by atoms with van der Waals surface area (Å²) in [6.45, 7) is 5.04. The lowest BCUT2D eigenvalue weighted by molar-refractivity contribution is 0.157. The number of aromatic nitrogens is 3. The topological polar surface area (TPSA) is 84.8 Å². The Morgan fingerprint density at radius 1 is 1.11 bits per heavy atom. The average Bonchev–Trinajstić information content (AvgIpc) is 3.89. The van der Waals surface area contributed by atoms with Gasteiger partial charge in [-0.05, 0) is 55.4 Å². The van der Waals surface area contributed by atoms with Crippen molar-refractivity contribution in [2.45, 2.75) is 51.4 Å². The summed E-state index contributed by atoms with van der Waals surface area (Å²) in [5, 5.41) is 4.00. The predicted molar refractivity (Wildman–Crippen MR) is 175 cm³/mol. The third-order valence-corrected chi connectivity index (χ3v) is 9.10. The lowest BCUT2D eigenvalue weighted by Crippen LogP contribution is -2.48. The molecule has 11 heteroatoms. The molecule has 2 aliphatic heterocycles. The predicted octanol–water partition coefficient (Wildman–Crippen LogP) is 2.27. The van der Waals surface area contributed by atoms with Crippen molar-refractivity contribution in [2.24, 2.45) is 5.92 Å². The molecule has 1 atom stereocenters. The van der Waals surface area contributed by atoms with Crippen molar-refractivity contribution in [1.82, 2.24) is 19.4 Å². The van der Waals surface area contributed by atoms with Crippen LogP contribution in [0.3, 0.4) is 0 Å². The quantitative estimate of drug-likeness (QED) is 0.284. The van der Waals surface area contributed by atoms with Crippen LogP contribution < -0.4 is 36.0 Å². The lowest BCUT2D eigenvalue weighted by Gasteiger charge is -2.40. The van der Waals surface area contributed by atoms with Crippen molar-refractivity contribution in [2.75, 3.05) is 43.6 Å². The minimum atomic E-state index is -0.0434. The standard InChI is InChI=1S/C33H36B2N6O3/c1-43-29-13-22(8-9-36-29)17-41(19-23-18-40-11-12-44-33-30(35)27(34)14-26(31(33)40)32(23)42)25-3-2-10-39(20-25)24-6-7-28(38-16-24)37-15-21-4-5-21/h6-9,13-14,16,18,21,25H,2-5,10-12,15,17,19-20H2,1H3,(H,37,38). The van der Waals surface area contributed by atoms with Gasteiger partial charge >= 0.3 is 0 Å². The van der Waals surface area contributed by atoms with Gasteiger partial charge < -0.3 is 24.3 Å². The number of nitrogens with zero attached hydrogens (tertiary/aromatic N) is 5. The summed E-state index contributed by atoms with van der Waals surface area (Å²) >= 11 is 0. The molecule has 0 spiro atoms. The fourth-order valence-corrected chi connectivity index (χ4v) is 6.47. The van der Waals surface area contributed by atoms with Gasteiger partial charge in [0.15, 0.2) is 5.43 Å². The Morgan fingerprint density at radius 3 is 2.80 bits per heavy atom. The molecule has 1 unspecified atom stereocenters. The van der Waals surface area contributed by atoms with Crippen LogP contribution in [0, 0.1) is 5.92 Å². The maximum atomic E-state index is 14.0. The smallest absolute Gasteiger partial charge is 0.213 e. The molecule has 1 saturated heterocycles. The summed E-state index contributed by atoms with van der Waals surface area (Å²) in [7, 11) is 14.1. The number of piperidine rings is 1. The number of methoxy groups -OCH3 is 1. The summed E-state index contributed by atoms with van der Waals surface area (Å²) in [6, 6.07) is 10.1. The van der Waals surface area contributed by atoms with Gasteiger partial charge in [-0.3, -0.25) is 9.69 Å². The number of benzene rings is 1. The molecule has 7 rings (SSSR count). The molecule has 222 valence electrons. The fourth-order valence-electron chi connectivity index (χ4n) is 6.47. The Balaban J connectivity index is 1.19. The molecule has 2 fully saturated rings. The molecule has 1 N–H and O–H groups in total. The zero-order valence-electron chi connectivity index (χ0n) is 25.2. The van der Waals surface area contributed by atoms with Crippen LogP contribution in [0.15, 0.2) is 53.7 Å². The van der Waals surface area contributed by atoms with E-state index >= 15 is 0 Å². The minimum Gasteiger partial charge on any atom is -0.490 e. The van der Waals surface area contributed by atoms with E-state index in [9.17, 15) is 4.79 Å². The van der Waals surface area contributed by atoms with E-state index in [-0.39, 0.29) is 11.5 Å². The second kappa shape index (κ2) is 12.2. The van der Waals surface area contributed by atoms with E-state index in [4.69, 9.17) is 30.2 Å². The van der Waals surface area contributed by atoms with Crippen molar-refractivity contribution in [1.29, 1.82) is 0 Å². The highest BCUT2D eigenvalue weighted by atomic mass is 16.5. The van der Waals surface area contributed by atoms with Crippen molar-refractivity contribution in [3.63, 3.8) is 0 Å². The van der Waals surface area contributed by atoms with E-state index in [2.05, 4.69) is 36.8 Å². The van der Waals surface area contributed by atoms with Crippen LogP contribution >= 0.6 is 0 Å². The summed E-state index contributed by atoms with van der Waals surface area (Å²) in [5.74, 6) is 2.80. The van der Waals surface area contributed by atoms with Crippen LogP contribution in [0.1, 0.15) is 36.8 Å². The van der Waals surface area contributed by atoms with Crippen molar-refractivity contribution in [3.8, 4) is 11.6 Å². The first kappa shape index (κ1) is 28.8. The highest BCUT2D eigenvalue weighted by Crippen LogP contribution is 2.30. The van der Waals surface area contributed by atoms with Crippen LogP contribution in [-0.2, 0) is 19.6 Å². The van der Waals surface area contributed by atoms with Crippen LogP contribution in [-0.4, -0.2) is 74.5 Å². The summed E-state index contributed by atoms with van der Waals surface area (Å²) in [6.07, 6.45) is 10.4. The Kier molecular flexibility index (Phi) is 7.97. The molecular formula is C33H36B2N6O3. The van der Waals surface area contributed by atoms with Gasteiger partial charge in [-0.25, -0.2) is 9.97 Å². The monoisotopic (exact) mass is 586 g/mol. The molecule has 4 radical (unpaired) electrons. The normalized spacial score (nSPS) is 18.0. The Morgan fingerprint density at radius 2 is 2.00 bits per heavy atom. The second-order valence-corrected chi connectivity index (χ2v) is 12.2. The molecule has 44 heavy (non-hydrogen) atoms. The lowest BCUT2D eigenvalue weighted by atomic mass is 9.78. The van der Waals surface area contributed by atoms with E-state index in [0.29, 0.717) is 59.7 Å². The molecule has 9 nitrogen and oxygen atoms in total. The number of rotatable bonds is 10. The fraction of sp³-hybridized carbons (Fsp3) is 0.424. The van der Waals surface area contributed by atoms with Gasteiger partial charge in [0.2, 0.25) is 5.88 Å². The molecule has 1 saturated carbocycles. The average molecular weight is 586 g/mol. The zero-order chi connectivity index (χ0) is 30.2. The van der Waals surface area contributed by atoms with E-state index in [1.165, 1.54) is 12.8 Å². The van der Waals surface area contributed by atoms with Crippen LogP contribution in [0.4, 0.5) is 11.5 Å². The van der Waals surface area contributed by atoms with Crippen LogP contribution in [0.5, 0.6) is 11.6 Å². The van der Waals surface area contributed by atoms with Crippen molar-refractivity contribution >= 4 is 49.0 Å². The van der Waals surface area contributed by atoms with E-state index < -0.39 is 0 Å². The summed E-state index contributed by atoms with van der Waals surface area (Å²) in [5.41, 5.74) is 4.34. The Labute approximate surface area is 260 Å². The third-order valence-electron chi connectivity index (χ3n) is 9.10. The number of nitrogens with one attached hydrogen (secondary N) is 1. The van der Waals surface area contributed by atoms with Gasteiger partial charge in [-0.1, -0.05) is 17.0 Å². The Hall–Kier alpha value is -3.98. The first-order chi connectivity index (χ1) is 21.5.